The second-order valence-electron chi connectivity index (χ2n) is 5.76. The number of fused-ring (bicyclic) bond motifs is 1. The Morgan fingerprint density at radius 2 is 1.65 bits per heavy atom. The van der Waals surface area contributed by atoms with Crippen LogP contribution in [0.3, 0.4) is 0 Å². The number of anilines is 1. The van der Waals surface area contributed by atoms with Gasteiger partial charge in [-0.3, -0.25) is 4.79 Å². The van der Waals surface area contributed by atoms with Crippen molar-refractivity contribution in [3.05, 3.63) is 76.8 Å². The van der Waals surface area contributed by atoms with E-state index in [9.17, 15) is 13.6 Å². The van der Waals surface area contributed by atoms with Gasteiger partial charge in [-0.25, -0.2) is 13.5 Å². The Morgan fingerprint density at radius 3 is 2.31 bits per heavy atom. The molecule has 0 aliphatic rings. The van der Waals surface area contributed by atoms with Gasteiger partial charge in [-0.1, -0.05) is 0 Å². The molecule has 1 amide bonds. The summed E-state index contributed by atoms with van der Waals surface area (Å²) < 4.78 is 27.8. The van der Waals surface area contributed by atoms with Gasteiger partial charge in [-0.2, -0.15) is 5.10 Å². The fourth-order valence-corrected chi connectivity index (χ4v) is 3.72. The lowest BCUT2D eigenvalue weighted by Crippen LogP contribution is -2.10. The third-order valence-electron chi connectivity index (χ3n) is 3.94. The summed E-state index contributed by atoms with van der Waals surface area (Å²) in [5, 5.41) is 8.09. The Balaban J connectivity index is 1.69. The van der Waals surface area contributed by atoms with Crippen molar-refractivity contribution in [2.75, 3.05) is 5.32 Å². The van der Waals surface area contributed by atoms with Crippen molar-refractivity contribution in [3.8, 4) is 5.69 Å². The summed E-state index contributed by atoms with van der Waals surface area (Å²) in [5.41, 5.74) is 2.02. The van der Waals surface area contributed by atoms with Crippen LogP contribution in [0.4, 0.5) is 14.5 Å². The molecule has 2 aromatic heterocycles. The molecule has 2 heterocycles. The molecule has 7 heteroatoms. The zero-order valence-corrected chi connectivity index (χ0v) is 14.5. The Kier molecular flexibility index (Phi) is 4.00. The highest BCUT2D eigenvalue weighted by atomic mass is 32.1. The highest BCUT2D eigenvalue weighted by Crippen LogP contribution is 2.31. The van der Waals surface area contributed by atoms with E-state index in [0.29, 0.717) is 10.6 Å². The topological polar surface area (TPSA) is 46.9 Å². The SMILES string of the molecule is Cc1nn(-c2ccc(F)cc2)c2sc(C(=O)Nc3ccc(F)cc3)cc12. The summed E-state index contributed by atoms with van der Waals surface area (Å²) in [6.45, 7) is 1.86. The number of amides is 1. The zero-order chi connectivity index (χ0) is 18.3. The quantitative estimate of drug-likeness (QED) is 0.557. The summed E-state index contributed by atoms with van der Waals surface area (Å²) in [5.74, 6) is -0.956. The number of hydrogen-bond donors (Lipinski definition) is 1. The molecule has 26 heavy (non-hydrogen) atoms. The lowest BCUT2D eigenvalue weighted by Gasteiger charge is -2.03. The molecule has 4 rings (SSSR count). The highest BCUT2D eigenvalue weighted by Gasteiger charge is 2.17. The number of aromatic nitrogens is 2. The van der Waals surface area contributed by atoms with E-state index in [1.54, 1.807) is 22.9 Å². The zero-order valence-electron chi connectivity index (χ0n) is 13.7. The van der Waals surface area contributed by atoms with Crippen LogP contribution in [0.25, 0.3) is 15.9 Å². The molecule has 0 unspecified atom stereocenters. The number of aryl methyl sites for hydroxylation is 1. The number of thiophene rings is 1. The summed E-state index contributed by atoms with van der Waals surface area (Å²) in [6, 6.07) is 13.4. The Hall–Kier alpha value is -3.06. The molecular weight excluding hydrogens is 356 g/mol. The van der Waals surface area contributed by atoms with Crippen LogP contribution in [-0.4, -0.2) is 15.7 Å². The number of hydrogen-bond acceptors (Lipinski definition) is 3. The largest absolute Gasteiger partial charge is 0.321 e. The van der Waals surface area contributed by atoms with Crippen LogP contribution in [0.1, 0.15) is 15.4 Å². The molecule has 0 saturated carbocycles. The van der Waals surface area contributed by atoms with Gasteiger partial charge in [0.2, 0.25) is 0 Å². The van der Waals surface area contributed by atoms with E-state index in [-0.39, 0.29) is 17.5 Å². The van der Waals surface area contributed by atoms with Gasteiger partial charge in [0.15, 0.2) is 0 Å². The standard InChI is InChI=1S/C19H13F2N3OS/c1-11-16-10-17(18(25)22-14-6-2-12(20)3-7-14)26-19(16)24(23-11)15-8-4-13(21)5-9-15/h2-10H,1H3,(H,22,25). The summed E-state index contributed by atoms with van der Waals surface area (Å²) in [7, 11) is 0. The van der Waals surface area contributed by atoms with Gasteiger partial charge < -0.3 is 5.32 Å². The minimum Gasteiger partial charge on any atom is -0.321 e. The van der Waals surface area contributed by atoms with Crippen molar-refractivity contribution >= 4 is 33.1 Å². The van der Waals surface area contributed by atoms with Gasteiger partial charge in [-0.05, 0) is 61.5 Å². The van der Waals surface area contributed by atoms with Crippen LogP contribution in [0.2, 0.25) is 0 Å². The number of carbonyl (C=O) groups excluding carboxylic acids is 1. The minimum absolute atomic E-state index is 0.275. The van der Waals surface area contributed by atoms with Crippen LogP contribution >= 0.6 is 11.3 Å². The predicted molar refractivity (Wildman–Crippen MR) is 98.0 cm³/mol. The van der Waals surface area contributed by atoms with Crippen molar-refractivity contribution in [2.24, 2.45) is 0 Å². The van der Waals surface area contributed by atoms with Gasteiger partial charge in [0.1, 0.15) is 16.5 Å². The first-order chi connectivity index (χ1) is 12.5. The van der Waals surface area contributed by atoms with E-state index in [2.05, 4.69) is 10.4 Å². The monoisotopic (exact) mass is 369 g/mol. The summed E-state index contributed by atoms with van der Waals surface area (Å²) in [4.78, 5) is 13.8. The van der Waals surface area contributed by atoms with E-state index in [1.165, 1.54) is 47.7 Å². The van der Waals surface area contributed by atoms with Crippen molar-refractivity contribution in [1.29, 1.82) is 0 Å². The summed E-state index contributed by atoms with van der Waals surface area (Å²) in [6.07, 6.45) is 0. The molecule has 130 valence electrons. The fourth-order valence-electron chi connectivity index (χ4n) is 2.64. The fraction of sp³-hybridized carbons (Fsp3) is 0.0526. The number of nitrogens with one attached hydrogen (secondary N) is 1. The lowest BCUT2D eigenvalue weighted by molar-refractivity contribution is 0.103. The van der Waals surface area contributed by atoms with Crippen LogP contribution < -0.4 is 5.32 Å². The lowest BCUT2D eigenvalue weighted by atomic mass is 10.3. The van der Waals surface area contributed by atoms with E-state index in [4.69, 9.17) is 0 Å². The molecule has 0 aliphatic heterocycles. The third-order valence-corrected chi connectivity index (χ3v) is 5.05. The van der Waals surface area contributed by atoms with Gasteiger partial charge >= 0.3 is 0 Å². The molecule has 4 nitrogen and oxygen atoms in total. The number of nitrogens with zero attached hydrogens (tertiary/aromatic N) is 2. The van der Waals surface area contributed by atoms with Crippen molar-refractivity contribution < 1.29 is 13.6 Å². The number of rotatable bonds is 3. The molecule has 0 aliphatic carbocycles. The smallest absolute Gasteiger partial charge is 0.265 e. The molecule has 1 N–H and O–H groups in total. The molecule has 0 saturated heterocycles. The van der Waals surface area contributed by atoms with E-state index in [0.717, 1.165) is 21.6 Å². The average molecular weight is 369 g/mol. The van der Waals surface area contributed by atoms with Crippen molar-refractivity contribution in [3.63, 3.8) is 0 Å². The first-order valence-electron chi connectivity index (χ1n) is 7.83. The third kappa shape index (κ3) is 2.97. The number of benzene rings is 2. The normalized spacial score (nSPS) is 11.0. The molecule has 4 aromatic rings. The van der Waals surface area contributed by atoms with Crippen LogP contribution in [0, 0.1) is 18.6 Å². The maximum atomic E-state index is 13.2. The maximum absolute atomic E-state index is 13.2. The van der Waals surface area contributed by atoms with Crippen LogP contribution in [-0.2, 0) is 0 Å². The van der Waals surface area contributed by atoms with Gasteiger partial charge in [0, 0.05) is 11.1 Å². The maximum Gasteiger partial charge on any atom is 0.265 e. The molecular formula is C19H13F2N3OS. The number of halogens is 2. The van der Waals surface area contributed by atoms with Crippen molar-refractivity contribution in [1.82, 2.24) is 9.78 Å². The van der Waals surface area contributed by atoms with E-state index in [1.807, 2.05) is 6.92 Å². The number of carbonyl (C=O) groups is 1. The minimum atomic E-state index is -0.361. The molecule has 2 aromatic carbocycles. The van der Waals surface area contributed by atoms with E-state index >= 15 is 0 Å². The van der Waals surface area contributed by atoms with Crippen LogP contribution in [0.15, 0.2) is 54.6 Å². The first-order valence-corrected chi connectivity index (χ1v) is 8.65. The summed E-state index contributed by atoms with van der Waals surface area (Å²) >= 11 is 1.29. The van der Waals surface area contributed by atoms with Crippen molar-refractivity contribution in [2.45, 2.75) is 6.92 Å². The Labute approximate surface area is 151 Å². The van der Waals surface area contributed by atoms with Crippen LogP contribution in [0.5, 0.6) is 0 Å². The predicted octanol–water partition coefficient (Wildman–Crippen LogP) is 4.93. The molecule has 0 spiro atoms. The van der Waals surface area contributed by atoms with Gasteiger partial charge in [0.05, 0.1) is 16.3 Å². The molecule has 0 radical (unpaired) electrons. The van der Waals surface area contributed by atoms with Gasteiger partial charge in [0.25, 0.3) is 5.91 Å². The highest BCUT2D eigenvalue weighted by molar-refractivity contribution is 7.20. The Bertz CT molecular complexity index is 1100. The van der Waals surface area contributed by atoms with E-state index < -0.39 is 0 Å². The molecule has 0 bridgehead atoms. The molecule has 0 fully saturated rings. The average Bonchev–Trinajstić information content (AvgIpc) is 3.19. The second kappa shape index (κ2) is 6.34. The molecule has 0 atom stereocenters. The second-order valence-corrected chi connectivity index (χ2v) is 6.79. The van der Waals surface area contributed by atoms with Gasteiger partial charge in [-0.15, -0.1) is 11.3 Å². The first kappa shape index (κ1) is 16.4. The Morgan fingerprint density at radius 1 is 1.04 bits per heavy atom.